The molecule has 0 unspecified atom stereocenters. The van der Waals surface area contributed by atoms with Crippen LogP contribution in [-0.4, -0.2) is 44.6 Å². The number of halogens is 3. The summed E-state index contributed by atoms with van der Waals surface area (Å²) in [6.07, 6.45) is -1.94. The molecule has 0 amide bonds. The molecule has 1 aromatic carbocycles. The van der Waals surface area contributed by atoms with Gasteiger partial charge in [0.25, 0.3) is 0 Å². The Morgan fingerprint density at radius 1 is 1.29 bits per heavy atom. The van der Waals surface area contributed by atoms with Crippen LogP contribution in [-0.2, 0) is 13.6 Å². The molecule has 0 N–H and O–H groups in total. The molecule has 6 nitrogen and oxygen atoms in total. The van der Waals surface area contributed by atoms with Crippen LogP contribution >= 0.6 is 0 Å². The van der Waals surface area contributed by atoms with Crippen molar-refractivity contribution in [2.75, 3.05) is 13.1 Å². The van der Waals surface area contributed by atoms with Gasteiger partial charge < -0.3 is 4.74 Å². The molecule has 3 rings (SSSR count). The van der Waals surface area contributed by atoms with Crippen molar-refractivity contribution in [1.82, 2.24) is 25.1 Å². The number of alkyl halides is 3. The van der Waals surface area contributed by atoms with Crippen molar-refractivity contribution < 1.29 is 17.9 Å². The zero-order valence-corrected chi connectivity index (χ0v) is 13.0. The second-order valence-electron chi connectivity index (χ2n) is 5.49. The molecule has 0 saturated heterocycles. The van der Waals surface area contributed by atoms with Gasteiger partial charge in [0, 0.05) is 13.1 Å². The molecule has 0 aliphatic carbocycles. The quantitative estimate of drug-likeness (QED) is 0.856. The van der Waals surface area contributed by atoms with Crippen LogP contribution in [0.1, 0.15) is 17.8 Å². The number of tetrazole rings is 1. The van der Waals surface area contributed by atoms with Crippen LogP contribution in [0, 0.1) is 0 Å². The second-order valence-corrected chi connectivity index (χ2v) is 5.49. The summed E-state index contributed by atoms with van der Waals surface area (Å²) >= 11 is 0. The number of hydrogen-bond acceptors (Lipinski definition) is 5. The summed E-state index contributed by atoms with van der Waals surface area (Å²) in [4.78, 5) is 3.56. The van der Waals surface area contributed by atoms with Gasteiger partial charge in [0.15, 0.2) is 5.82 Å². The normalized spacial score (nSPS) is 16.1. The highest BCUT2D eigenvalue weighted by Gasteiger charge is 2.31. The van der Waals surface area contributed by atoms with Gasteiger partial charge in [0.1, 0.15) is 5.75 Å². The maximum Gasteiger partial charge on any atom is 0.573 e. The summed E-state index contributed by atoms with van der Waals surface area (Å²) in [6, 6.07) is 6.06. The lowest BCUT2D eigenvalue weighted by molar-refractivity contribution is -0.274. The van der Waals surface area contributed by atoms with E-state index >= 15 is 0 Å². The van der Waals surface area contributed by atoms with Gasteiger partial charge in [-0.15, -0.1) is 23.4 Å². The standard InChI is InChI=1S/C15H16F3N5O/c1-22-20-14(19-21-22)10-23-7-5-11(6-8-23)12-3-2-4-13(9-12)24-15(16,17)18/h2-5,9H,6-8,10H2,1H3. The minimum absolute atomic E-state index is 0.202. The predicted octanol–water partition coefficient (Wildman–Crippen LogP) is 2.40. The zero-order valence-electron chi connectivity index (χ0n) is 13.0. The van der Waals surface area contributed by atoms with Crippen molar-refractivity contribution in [3.05, 3.63) is 41.7 Å². The third kappa shape index (κ3) is 4.31. The predicted molar refractivity (Wildman–Crippen MR) is 79.8 cm³/mol. The van der Waals surface area contributed by atoms with Gasteiger partial charge in [-0.1, -0.05) is 18.2 Å². The van der Waals surface area contributed by atoms with E-state index in [0.717, 1.165) is 24.1 Å². The van der Waals surface area contributed by atoms with E-state index in [1.54, 1.807) is 19.2 Å². The lowest BCUT2D eigenvalue weighted by atomic mass is 9.99. The second kappa shape index (κ2) is 6.60. The van der Waals surface area contributed by atoms with E-state index in [-0.39, 0.29) is 5.75 Å². The van der Waals surface area contributed by atoms with Crippen LogP contribution in [0.25, 0.3) is 5.57 Å². The summed E-state index contributed by atoms with van der Waals surface area (Å²) in [5, 5.41) is 11.9. The Kier molecular flexibility index (Phi) is 4.52. The topological polar surface area (TPSA) is 56.1 Å². The maximum atomic E-state index is 12.3. The number of ether oxygens (including phenoxy) is 1. The average Bonchev–Trinajstić information content (AvgIpc) is 2.92. The first-order valence-corrected chi connectivity index (χ1v) is 7.39. The lowest BCUT2D eigenvalue weighted by Gasteiger charge is -2.25. The van der Waals surface area contributed by atoms with Gasteiger partial charge in [0.2, 0.25) is 0 Å². The molecular weight excluding hydrogens is 323 g/mol. The van der Waals surface area contributed by atoms with Crippen LogP contribution in [0.5, 0.6) is 5.75 Å². The van der Waals surface area contributed by atoms with E-state index in [4.69, 9.17) is 0 Å². The van der Waals surface area contributed by atoms with E-state index in [0.29, 0.717) is 18.9 Å². The molecule has 2 heterocycles. The van der Waals surface area contributed by atoms with Gasteiger partial charge >= 0.3 is 6.36 Å². The number of rotatable bonds is 4. The average molecular weight is 339 g/mol. The number of hydrogen-bond donors (Lipinski definition) is 0. The van der Waals surface area contributed by atoms with Crippen LogP contribution in [0.15, 0.2) is 30.3 Å². The van der Waals surface area contributed by atoms with E-state index in [9.17, 15) is 13.2 Å². The SMILES string of the molecule is Cn1nnc(CN2CC=C(c3cccc(OC(F)(F)F)c3)CC2)n1. The molecule has 2 aromatic rings. The Morgan fingerprint density at radius 3 is 2.75 bits per heavy atom. The Morgan fingerprint density at radius 2 is 2.12 bits per heavy atom. The molecule has 9 heteroatoms. The number of benzene rings is 1. The molecule has 1 aliphatic heterocycles. The molecule has 0 saturated carbocycles. The minimum atomic E-state index is -4.68. The van der Waals surface area contributed by atoms with Crippen molar-refractivity contribution in [2.45, 2.75) is 19.3 Å². The molecule has 1 aliphatic rings. The monoisotopic (exact) mass is 339 g/mol. The highest BCUT2D eigenvalue weighted by atomic mass is 19.4. The first-order valence-electron chi connectivity index (χ1n) is 7.39. The highest BCUT2D eigenvalue weighted by Crippen LogP contribution is 2.28. The zero-order chi connectivity index (χ0) is 17.2. The number of aromatic nitrogens is 4. The Bertz CT molecular complexity index is 741. The molecular formula is C15H16F3N5O. The van der Waals surface area contributed by atoms with Crippen molar-refractivity contribution in [3.8, 4) is 5.75 Å². The van der Waals surface area contributed by atoms with Crippen LogP contribution in [0.4, 0.5) is 13.2 Å². The number of nitrogens with zero attached hydrogens (tertiary/aromatic N) is 5. The van der Waals surface area contributed by atoms with Gasteiger partial charge in [-0.3, -0.25) is 4.90 Å². The summed E-state index contributed by atoms with van der Waals surface area (Å²) in [5.74, 6) is 0.446. The van der Waals surface area contributed by atoms with Crippen LogP contribution in [0.2, 0.25) is 0 Å². The smallest absolute Gasteiger partial charge is 0.406 e. The van der Waals surface area contributed by atoms with E-state index in [2.05, 4.69) is 25.0 Å². The van der Waals surface area contributed by atoms with Crippen molar-refractivity contribution >= 4 is 5.57 Å². The summed E-state index contributed by atoms with van der Waals surface area (Å²) in [7, 11) is 1.71. The van der Waals surface area contributed by atoms with Gasteiger partial charge in [0.05, 0.1) is 13.6 Å². The van der Waals surface area contributed by atoms with Gasteiger partial charge in [-0.2, -0.15) is 4.80 Å². The van der Waals surface area contributed by atoms with Crippen LogP contribution in [0.3, 0.4) is 0 Å². The lowest BCUT2D eigenvalue weighted by Crippen LogP contribution is -2.28. The molecule has 128 valence electrons. The summed E-state index contributed by atoms with van der Waals surface area (Å²) < 4.78 is 40.9. The fourth-order valence-corrected chi connectivity index (χ4v) is 2.60. The Balaban J connectivity index is 1.65. The van der Waals surface area contributed by atoms with Gasteiger partial charge in [-0.25, -0.2) is 0 Å². The summed E-state index contributed by atoms with van der Waals surface area (Å²) in [5.41, 5.74) is 1.75. The fourth-order valence-electron chi connectivity index (χ4n) is 2.60. The van der Waals surface area contributed by atoms with E-state index < -0.39 is 6.36 Å². The van der Waals surface area contributed by atoms with Crippen molar-refractivity contribution in [3.63, 3.8) is 0 Å². The van der Waals surface area contributed by atoms with Crippen molar-refractivity contribution in [2.24, 2.45) is 7.05 Å². The summed E-state index contributed by atoms with van der Waals surface area (Å²) in [6.45, 7) is 2.04. The largest absolute Gasteiger partial charge is 0.573 e. The fraction of sp³-hybridized carbons (Fsp3) is 0.400. The van der Waals surface area contributed by atoms with Crippen molar-refractivity contribution in [1.29, 1.82) is 0 Å². The molecule has 0 fully saturated rings. The van der Waals surface area contributed by atoms with Crippen LogP contribution < -0.4 is 4.74 Å². The Labute approximate surface area is 136 Å². The van der Waals surface area contributed by atoms with E-state index in [1.165, 1.54) is 16.9 Å². The highest BCUT2D eigenvalue weighted by molar-refractivity contribution is 5.67. The molecule has 0 spiro atoms. The third-order valence-corrected chi connectivity index (χ3v) is 3.65. The molecule has 0 atom stereocenters. The number of aryl methyl sites for hydroxylation is 1. The van der Waals surface area contributed by atoms with Gasteiger partial charge in [-0.05, 0) is 34.9 Å². The molecule has 24 heavy (non-hydrogen) atoms. The minimum Gasteiger partial charge on any atom is -0.406 e. The first kappa shape index (κ1) is 16.4. The third-order valence-electron chi connectivity index (χ3n) is 3.65. The molecule has 0 bridgehead atoms. The molecule has 1 aromatic heterocycles. The first-order chi connectivity index (χ1) is 11.4. The maximum absolute atomic E-state index is 12.3. The molecule has 0 radical (unpaired) electrons. The Hall–Kier alpha value is -2.42. The van der Waals surface area contributed by atoms with E-state index in [1.807, 2.05) is 6.08 Å².